The maximum Gasteiger partial charge on any atom is 0.141 e. The normalized spacial score (nSPS) is 10.9. The molecule has 2 N–H and O–H groups in total. The van der Waals surface area contributed by atoms with Crippen molar-refractivity contribution in [2.24, 2.45) is 0 Å². The van der Waals surface area contributed by atoms with Crippen LogP contribution < -0.4 is 0 Å². The highest BCUT2D eigenvalue weighted by Gasteiger charge is 2.05. The third-order valence-electron chi connectivity index (χ3n) is 13.6. The number of aliphatic hydroxyl groups excluding tert-OH is 2. The molecule has 86 heavy (non-hydrogen) atoms. The van der Waals surface area contributed by atoms with Gasteiger partial charge < -0.3 is 38.6 Å². The van der Waals surface area contributed by atoms with Crippen molar-refractivity contribution in [2.45, 2.75) is 246 Å². The number of aryl methyl sites for hydroxylation is 6. The van der Waals surface area contributed by atoms with Gasteiger partial charge in [0.15, 0.2) is 0 Å². The summed E-state index contributed by atoms with van der Waals surface area (Å²) in [5.41, 5.74) is 4.30. The van der Waals surface area contributed by atoms with Gasteiger partial charge in [-0.1, -0.05) is 149 Å². The lowest BCUT2D eigenvalue weighted by molar-refractivity contribution is -0.00872. The van der Waals surface area contributed by atoms with E-state index < -0.39 is 0 Å². The van der Waals surface area contributed by atoms with Gasteiger partial charge in [-0.15, -0.1) is 46.7 Å². The van der Waals surface area contributed by atoms with E-state index in [2.05, 4.69) is 93.8 Å². The predicted molar refractivity (Wildman–Crippen MR) is 346 cm³/mol. The van der Waals surface area contributed by atoms with E-state index in [1.54, 1.807) is 9.36 Å². The minimum Gasteiger partial charge on any atom is -0.394 e. The van der Waals surface area contributed by atoms with E-state index in [0.29, 0.717) is 79.5 Å². The summed E-state index contributed by atoms with van der Waals surface area (Å²) in [6.07, 6.45) is 54.9. The SMILES string of the molecule is C=CCCCCCc1cn(CCCCCCCC)nn1.C=CCCCCCc1cn(CCCCCCCC)nn1.C=CCCCCCc1cn(COCCOCCOCCO)nn1.C=CCCCCCc1cn(COCCOCCOCCO)nn1. The molecule has 0 unspecified atom stereocenters. The van der Waals surface area contributed by atoms with Crippen molar-refractivity contribution in [1.29, 1.82) is 0 Å². The number of rotatable bonds is 58. The van der Waals surface area contributed by atoms with Gasteiger partial charge in [-0.25, -0.2) is 9.36 Å². The van der Waals surface area contributed by atoms with Crippen molar-refractivity contribution in [3.05, 3.63) is 98.2 Å². The van der Waals surface area contributed by atoms with Gasteiger partial charge in [0.05, 0.1) is 114 Å². The molecule has 0 atom stereocenters. The number of aromatic nitrogens is 12. The third-order valence-corrected chi connectivity index (χ3v) is 13.6. The summed E-state index contributed by atoms with van der Waals surface area (Å²) in [4.78, 5) is 0. The maximum absolute atomic E-state index is 8.53. The molecule has 0 aliphatic heterocycles. The summed E-state index contributed by atoms with van der Waals surface area (Å²) in [6.45, 7) is 27.0. The van der Waals surface area contributed by atoms with Crippen LogP contribution in [-0.4, -0.2) is 149 Å². The first kappa shape index (κ1) is 79.2. The average Bonchev–Trinajstić information content (AvgIpc) is 4.55. The molecule has 0 saturated carbocycles. The van der Waals surface area contributed by atoms with Gasteiger partial charge >= 0.3 is 0 Å². The quantitative estimate of drug-likeness (QED) is 0.0310. The molecule has 20 nitrogen and oxygen atoms in total. The molecule has 0 amide bonds. The standard InChI is InChI=1S/2C17H31N3.2C16H29N3O4/c2*1-3-5-7-9-11-13-15-20-16-17(18-19-20)14-12-10-8-6-4-2;2*1-2-3-4-5-6-7-16-14-19(18-17-16)15-23-13-12-22-11-10-21-9-8-20/h2*4,16H,2-3,5-15H2,1H3;2*2,14,20H,1,3-13,15H2. The molecule has 0 fully saturated rings. The van der Waals surface area contributed by atoms with Crippen molar-refractivity contribution in [2.75, 3.05) is 79.3 Å². The van der Waals surface area contributed by atoms with Crippen LogP contribution in [0.1, 0.15) is 216 Å². The monoisotopic (exact) mass is 1210 g/mol. The topological polar surface area (TPSA) is 219 Å². The van der Waals surface area contributed by atoms with E-state index >= 15 is 0 Å². The Hall–Kier alpha value is -4.80. The maximum atomic E-state index is 8.53. The fourth-order valence-electron chi connectivity index (χ4n) is 8.68. The second-order valence-electron chi connectivity index (χ2n) is 21.5. The van der Waals surface area contributed by atoms with Crippen LogP contribution in [0.25, 0.3) is 0 Å². The molecule has 4 aromatic rings. The van der Waals surface area contributed by atoms with Gasteiger partial charge in [0.2, 0.25) is 0 Å². The van der Waals surface area contributed by atoms with Crippen LogP contribution in [0, 0.1) is 0 Å². The third kappa shape index (κ3) is 51.3. The largest absolute Gasteiger partial charge is 0.394 e. The first-order valence-electron chi connectivity index (χ1n) is 33.1. The number of hydrogen-bond donors (Lipinski definition) is 2. The Balaban J connectivity index is 0.000000575. The van der Waals surface area contributed by atoms with Gasteiger partial charge in [-0.3, -0.25) is 9.36 Å². The van der Waals surface area contributed by atoms with Gasteiger partial charge in [-0.2, -0.15) is 0 Å². The molecule has 0 bridgehead atoms. The zero-order valence-corrected chi connectivity index (χ0v) is 54.1. The summed E-state index contributed by atoms with van der Waals surface area (Å²) in [5.74, 6) is 0. The minimum absolute atomic E-state index is 0.0395. The fourth-order valence-corrected chi connectivity index (χ4v) is 8.68. The Morgan fingerprint density at radius 3 is 0.884 bits per heavy atom. The molecule has 0 radical (unpaired) electrons. The van der Waals surface area contributed by atoms with Crippen LogP contribution >= 0.6 is 0 Å². The zero-order valence-electron chi connectivity index (χ0n) is 54.1. The Kier molecular flexibility index (Phi) is 58.2. The second-order valence-corrected chi connectivity index (χ2v) is 21.5. The van der Waals surface area contributed by atoms with Crippen LogP contribution in [-0.2, 0) is 80.7 Å². The summed E-state index contributed by atoms with van der Waals surface area (Å²) >= 11 is 0. The molecule has 0 aliphatic carbocycles. The summed E-state index contributed by atoms with van der Waals surface area (Å²) in [7, 11) is 0. The van der Waals surface area contributed by atoms with Gasteiger partial charge in [0.25, 0.3) is 0 Å². The van der Waals surface area contributed by atoms with Crippen molar-refractivity contribution in [3.8, 4) is 0 Å². The smallest absolute Gasteiger partial charge is 0.141 e. The summed E-state index contributed by atoms with van der Waals surface area (Å²) in [6, 6.07) is 0. The minimum atomic E-state index is 0.0395. The number of unbranched alkanes of at least 4 members (excludes halogenated alkanes) is 22. The van der Waals surface area contributed by atoms with Crippen LogP contribution in [0.4, 0.5) is 0 Å². The van der Waals surface area contributed by atoms with E-state index in [4.69, 9.17) is 38.6 Å². The molecular weight excluding hydrogens is 1090 g/mol. The Morgan fingerprint density at radius 2 is 0.581 bits per heavy atom. The number of allylic oxidation sites excluding steroid dienone is 4. The van der Waals surface area contributed by atoms with Gasteiger partial charge in [0.1, 0.15) is 13.5 Å². The predicted octanol–water partition coefficient (Wildman–Crippen LogP) is 13.0. The molecule has 0 spiro atoms. The van der Waals surface area contributed by atoms with Gasteiger partial charge in [0, 0.05) is 25.5 Å². The fraction of sp³-hybridized carbons (Fsp3) is 0.758. The molecule has 20 heteroatoms. The molecule has 0 aromatic carbocycles. The molecule has 492 valence electrons. The van der Waals surface area contributed by atoms with E-state index in [0.717, 1.165) is 100 Å². The molecule has 0 aliphatic rings. The summed E-state index contributed by atoms with van der Waals surface area (Å²) < 4.78 is 39.1. The average molecular weight is 1210 g/mol. The highest BCUT2D eigenvalue weighted by atomic mass is 16.6. The summed E-state index contributed by atoms with van der Waals surface area (Å²) in [5, 5.41) is 50.3. The number of aliphatic hydroxyl groups is 2. The number of nitrogens with zero attached hydrogens (tertiary/aromatic N) is 12. The van der Waals surface area contributed by atoms with Crippen LogP contribution in [0.15, 0.2) is 75.4 Å². The lowest BCUT2D eigenvalue weighted by Crippen LogP contribution is -2.12. The number of hydrogen-bond acceptors (Lipinski definition) is 16. The first-order valence-corrected chi connectivity index (χ1v) is 33.1. The van der Waals surface area contributed by atoms with Crippen LogP contribution in [0.5, 0.6) is 0 Å². The van der Waals surface area contributed by atoms with E-state index in [-0.39, 0.29) is 13.2 Å². The highest BCUT2D eigenvalue weighted by molar-refractivity contribution is 4.94. The van der Waals surface area contributed by atoms with Crippen molar-refractivity contribution < 1.29 is 38.6 Å². The van der Waals surface area contributed by atoms with Crippen molar-refractivity contribution in [3.63, 3.8) is 0 Å². The number of ether oxygens (including phenoxy) is 6. The highest BCUT2D eigenvalue weighted by Crippen LogP contribution is 2.12. The van der Waals surface area contributed by atoms with E-state index in [9.17, 15) is 0 Å². The molecular formula is C66H120N12O8. The molecule has 4 rings (SSSR count). The Bertz CT molecular complexity index is 1920. The first-order chi connectivity index (χ1) is 42.5. The Labute approximate surface area is 519 Å². The van der Waals surface area contributed by atoms with Crippen molar-refractivity contribution in [1.82, 2.24) is 60.0 Å². The van der Waals surface area contributed by atoms with Crippen LogP contribution in [0.2, 0.25) is 0 Å². The molecule has 4 aromatic heterocycles. The van der Waals surface area contributed by atoms with E-state index in [1.165, 1.54) is 141 Å². The zero-order chi connectivity index (χ0) is 62.1. The van der Waals surface area contributed by atoms with Crippen molar-refractivity contribution >= 4 is 0 Å². The molecule has 4 heterocycles. The lowest BCUT2D eigenvalue weighted by atomic mass is 10.1. The second kappa shape index (κ2) is 63.2. The van der Waals surface area contributed by atoms with Crippen LogP contribution in [0.3, 0.4) is 0 Å². The molecule has 0 saturated heterocycles. The Morgan fingerprint density at radius 1 is 0.326 bits per heavy atom. The lowest BCUT2D eigenvalue weighted by Gasteiger charge is -2.05. The van der Waals surface area contributed by atoms with Gasteiger partial charge in [-0.05, 0) is 116 Å². The van der Waals surface area contributed by atoms with E-state index in [1.807, 2.05) is 46.1 Å².